The first-order chi connectivity index (χ1) is 20.1. The van der Waals surface area contributed by atoms with Gasteiger partial charge in [0.25, 0.3) is 5.56 Å². The number of carbonyl (C=O) groups is 1. The van der Waals surface area contributed by atoms with Crippen molar-refractivity contribution in [3.63, 3.8) is 0 Å². The van der Waals surface area contributed by atoms with E-state index in [0.717, 1.165) is 75.9 Å². The fourth-order valence-electron chi connectivity index (χ4n) is 6.31. The second-order valence-electron chi connectivity index (χ2n) is 12.3. The molecule has 2 aromatic carbocycles. The number of nitrogens with zero attached hydrogens (tertiary/aromatic N) is 3. The molecule has 0 unspecified atom stereocenters. The number of morpholine rings is 1. The summed E-state index contributed by atoms with van der Waals surface area (Å²) < 4.78 is 19.9. The third-order valence-corrected chi connectivity index (χ3v) is 8.23. The second-order valence-corrected chi connectivity index (χ2v) is 12.3. The van der Waals surface area contributed by atoms with Gasteiger partial charge in [-0.25, -0.2) is 0 Å². The number of benzene rings is 2. The SMILES string of the molecule is CC(=O)[C@@H](OC(C)(C)C)c1c(C)cc2c(ccc(=O)n2CCN2CCOCC2)c1-c1ccc2c3c(ccnc13)CCO2. The Labute approximate surface area is 246 Å². The predicted octanol–water partition coefficient (Wildman–Crippen LogP) is 5.24. The van der Waals surface area contributed by atoms with Crippen LogP contribution in [0.15, 0.2) is 47.4 Å². The van der Waals surface area contributed by atoms with Crippen molar-refractivity contribution < 1.29 is 19.0 Å². The van der Waals surface area contributed by atoms with Gasteiger partial charge in [0.1, 0.15) is 11.9 Å². The number of aryl methyl sites for hydroxylation is 1. The molecule has 220 valence electrons. The van der Waals surface area contributed by atoms with E-state index in [1.54, 1.807) is 13.0 Å². The molecule has 2 aliphatic rings. The molecule has 4 aromatic rings. The molecule has 1 atom stereocenters. The number of fused-ring (bicyclic) bond motifs is 1. The van der Waals surface area contributed by atoms with Crippen LogP contribution in [-0.2, 0) is 27.2 Å². The minimum absolute atomic E-state index is 0.0497. The molecule has 1 saturated heterocycles. The van der Waals surface area contributed by atoms with Crippen LogP contribution in [0.4, 0.5) is 0 Å². The fourth-order valence-corrected chi connectivity index (χ4v) is 6.31. The zero-order valence-electron chi connectivity index (χ0n) is 25.2. The van der Waals surface area contributed by atoms with E-state index in [0.29, 0.717) is 26.4 Å². The molecule has 0 radical (unpaired) electrons. The number of aromatic nitrogens is 2. The Morgan fingerprint density at radius 2 is 1.86 bits per heavy atom. The van der Waals surface area contributed by atoms with Gasteiger partial charge in [0, 0.05) is 61.2 Å². The summed E-state index contributed by atoms with van der Waals surface area (Å²) in [5, 5.41) is 1.89. The maximum absolute atomic E-state index is 13.3. The lowest BCUT2D eigenvalue weighted by molar-refractivity contribution is -0.138. The minimum Gasteiger partial charge on any atom is -0.493 e. The van der Waals surface area contributed by atoms with Gasteiger partial charge in [0.05, 0.1) is 36.5 Å². The maximum atomic E-state index is 13.3. The monoisotopic (exact) mass is 569 g/mol. The number of hydrogen-bond donors (Lipinski definition) is 0. The summed E-state index contributed by atoms with van der Waals surface area (Å²) in [6.07, 6.45) is 1.86. The van der Waals surface area contributed by atoms with E-state index in [4.69, 9.17) is 19.2 Å². The highest BCUT2D eigenvalue weighted by Crippen LogP contribution is 2.45. The van der Waals surface area contributed by atoms with Gasteiger partial charge >= 0.3 is 0 Å². The molecule has 0 aliphatic carbocycles. The number of ether oxygens (including phenoxy) is 3. The summed E-state index contributed by atoms with van der Waals surface area (Å²) in [6.45, 7) is 14.5. The first kappa shape index (κ1) is 28.5. The van der Waals surface area contributed by atoms with Gasteiger partial charge in [-0.2, -0.15) is 0 Å². The van der Waals surface area contributed by atoms with Gasteiger partial charge in [-0.05, 0) is 87.2 Å². The van der Waals surface area contributed by atoms with Crippen LogP contribution in [0.5, 0.6) is 5.75 Å². The molecular formula is C34H39N3O5. The molecule has 2 aliphatic heterocycles. The highest BCUT2D eigenvalue weighted by molar-refractivity contribution is 6.08. The van der Waals surface area contributed by atoms with Crippen LogP contribution in [0.3, 0.4) is 0 Å². The molecule has 1 fully saturated rings. The predicted molar refractivity (Wildman–Crippen MR) is 164 cm³/mol. The van der Waals surface area contributed by atoms with E-state index < -0.39 is 11.7 Å². The number of rotatable bonds is 7. The van der Waals surface area contributed by atoms with E-state index in [1.165, 1.54) is 5.56 Å². The number of ketones is 1. The van der Waals surface area contributed by atoms with Crippen LogP contribution >= 0.6 is 0 Å². The van der Waals surface area contributed by atoms with E-state index in [-0.39, 0.29) is 11.3 Å². The Morgan fingerprint density at radius 3 is 2.60 bits per heavy atom. The van der Waals surface area contributed by atoms with Crippen molar-refractivity contribution in [1.29, 1.82) is 0 Å². The lowest BCUT2D eigenvalue weighted by Crippen LogP contribution is -2.39. The van der Waals surface area contributed by atoms with Crippen molar-refractivity contribution in [1.82, 2.24) is 14.5 Å². The van der Waals surface area contributed by atoms with E-state index in [2.05, 4.69) is 11.0 Å². The standard InChI is InChI=1S/C34H39N3O5/c1-21-20-26-24(7-9-28(39)37(26)14-13-36-15-18-40-19-16-36)31(29(21)33(22(2)38)42-34(3,4)5)25-6-8-27-30-23(11-17-41-27)10-12-35-32(25)30/h6-10,12,20,33H,11,13-19H2,1-5H3/t33-/m1/s1. The number of carbonyl (C=O) groups excluding carboxylic acids is 1. The molecule has 0 amide bonds. The smallest absolute Gasteiger partial charge is 0.251 e. The van der Waals surface area contributed by atoms with E-state index in [1.807, 2.05) is 62.7 Å². The Bertz CT molecular complexity index is 1720. The highest BCUT2D eigenvalue weighted by Gasteiger charge is 2.31. The normalized spacial score (nSPS) is 16.5. The topological polar surface area (TPSA) is 82.9 Å². The summed E-state index contributed by atoms with van der Waals surface area (Å²) in [5.74, 6) is 0.742. The van der Waals surface area contributed by atoms with Gasteiger partial charge in [-0.3, -0.25) is 19.5 Å². The molecule has 2 aromatic heterocycles. The molecule has 8 nitrogen and oxygen atoms in total. The van der Waals surface area contributed by atoms with Gasteiger partial charge in [0.15, 0.2) is 5.78 Å². The molecule has 6 rings (SSSR count). The van der Waals surface area contributed by atoms with Gasteiger partial charge in [-0.15, -0.1) is 0 Å². The van der Waals surface area contributed by atoms with Crippen LogP contribution in [-0.4, -0.2) is 65.3 Å². The summed E-state index contributed by atoms with van der Waals surface area (Å²) in [5.41, 5.74) is 5.71. The molecule has 42 heavy (non-hydrogen) atoms. The zero-order chi connectivity index (χ0) is 29.6. The van der Waals surface area contributed by atoms with Crippen molar-refractivity contribution in [3.8, 4) is 16.9 Å². The maximum Gasteiger partial charge on any atom is 0.251 e. The summed E-state index contributed by atoms with van der Waals surface area (Å²) >= 11 is 0. The minimum atomic E-state index is -0.791. The number of hydrogen-bond acceptors (Lipinski definition) is 7. The Kier molecular flexibility index (Phi) is 7.64. The van der Waals surface area contributed by atoms with Gasteiger partial charge in [-0.1, -0.05) is 0 Å². The van der Waals surface area contributed by atoms with Crippen LogP contribution in [0.2, 0.25) is 0 Å². The van der Waals surface area contributed by atoms with Crippen LogP contribution in [0.1, 0.15) is 50.5 Å². The van der Waals surface area contributed by atoms with Crippen molar-refractivity contribution in [2.24, 2.45) is 0 Å². The van der Waals surface area contributed by atoms with Crippen molar-refractivity contribution in [2.45, 2.75) is 59.3 Å². The number of Topliss-reactive ketones (excluding diaryl/α,β-unsaturated/α-hetero) is 1. The largest absolute Gasteiger partial charge is 0.493 e. The lowest BCUT2D eigenvalue weighted by Gasteiger charge is -2.30. The zero-order valence-corrected chi connectivity index (χ0v) is 25.2. The van der Waals surface area contributed by atoms with E-state index >= 15 is 0 Å². The molecule has 0 saturated carbocycles. The Morgan fingerprint density at radius 1 is 1.07 bits per heavy atom. The van der Waals surface area contributed by atoms with Gasteiger partial charge in [0.2, 0.25) is 0 Å². The summed E-state index contributed by atoms with van der Waals surface area (Å²) in [4.78, 5) is 33.8. The van der Waals surface area contributed by atoms with E-state index in [9.17, 15) is 9.59 Å². The molecule has 0 bridgehead atoms. The lowest BCUT2D eigenvalue weighted by atomic mass is 9.85. The average molecular weight is 570 g/mol. The third kappa shape index (κ3) is 5.35. The van der Waals surface area contributed by atoms with Crippen molar-refractivity contribution in [3.05, 3.63) is 69.6 Å². The molecular weight excluding hydrogens is 530 g/mol. The van der Waals surface area contributed by atoms with Crippen LogP contribution < -0.4 is 10.3 Å². The van der Waals surface area contributed by atoms with Gasteiger partial charge < -0.3 is 18.8 Å². The number of pyridine rings is 2. The van der Waals surface area contributed by atoms with Crippen molar-refractivity contribution in [2.75, 3.05) is 39.5 Å². The summed E-state index contributed by atoms with van der Waals surface area (Å²) in [6, 6.07) is 11.7. The third-order valence-electron chi connectivity index (χ3n) is 8.23. The average Bonchev–Trinajstić information content (AvgIpc) is 2.96. The van der Waals surface area contributed by atoms with Crippen LogP contribution in [0.25, 0.3) is 32.9 Å². The Hall–Kier alpha value is -3.59. The summed E-state index contributed by atoms with van der Waals surface area (Å²) in [7, 11) is 0. The quantitative estimate of drug-likeness (QED) is 0.301. The molecule has 8 heteroatoms. The van der Waals surface area contributed by atoms with Crippen LogP contribution in [0, 0.1) is 6.92 Å². The first-order valence-electron chi connectivity index (χ1n) is 14.8. The molecule has 0 spiro atoms. The molecule has 0 N–H and O–H groups in total. The highest BCUT2D eigenvalue weighted by atomic mass is 16.5. The first-order valence-corrected chi connectivity index (χ1v) is 14.8. The fraction of sp³-hybridized carbons (Fsp3) is 0.441. The molecule has 4 heterocycles. The Balaban J connectivity index is 1.64. The second kappa shape index (κ2) is 11.2. The van der Waals surface area contributed by atoms with Crippen molar-refractivity contribution >= 4 is 27.6 Å².